The molecule has 0 aliphatic carbocycles. The fourth-order valence-electron chi connectivity index (χ4n) is 2.17. The van der Waals surface area contributed by atoms with Crippen LogP contribution in [0.25, 0.3) is 0 Å². The predicted octanol–water partition coefficient (Wildman–Crippen LogP) is 2.85. The van der Waals surface area contributed by atoms with Crippen molar-refractivity contribution in [3.8, 4) is 0 Å². The fraction of sp³-hybridized carbons (Fsp3) is 0.400. The number of hydrogen-bond donors (Lipinski definition) is 0. The van der Waals surface area contributed by atoms with Crippen LogP contribution in [0.15, 0.2) is 36.2 Å². The van der Waals surface area contributed by atoms with E-state index in [9.17, 15) is 9.18 Å². The van der Waals surface area contributed by atoms with E-state index in [0.29, 0.717) is 18.6 Å². The van der Waals surface area contributed by atoms with E-state index in [1.165, 1.54) is 18.6 Å². The second-order valence-electron chi connectivity index (χ2n) is 4.59. The Bertz CT molecular complexity index is 471. The van der Waals surface area contributed by atoms with Crippen molar-refractivity contribution in [3.05, 3.63) is 41.8 Å². The van der Waals surface area contributed by atoms with E-state index in [4.69, 9.17) is 4.74 Å². The van der Waals surface area contributed by atoms with Gasteiger partial charge in [-0.15, -0.1) is 0 Å². The van der Waals surface area contributed by atoms with E-state index in [2.05, 4.69) is 6.07 Å². The standard InChI is InChI=1S/C15H18FNO2/c1-12(16)8-11-19-15(7-10-18)17-9-6-13-4-2-3-5-14(13)17/h2-5,7,10,12H,6,8-9,11H2,1H3. The second-order valence-corrected chi connectivity index (χ2v) is 4.59. The Kier molecular flexibility index (Phi) is 4.55. The molecular formula is C15H18FNO2. The number of para-hydroxylation sites is 1. The van der Waals surface area contributed by atoms with Crippen molar-refractivity contribution < 1.29 is 13.9 Å². The third-order valence-electron chi connectivity index (χ3n) is 3.13. The van der Waals surface area contributed by atoms with Gasteiger partial charge in [0.15, 0.2) is 5.88 Å². The molecule has 1 aromatic rings. The van der Waals surface area contributed by atoms with E-state index >= 15 is 0 Å². The number of carbonyl (C=O) groups excluding carboxylic acids is 1. The molecule has 1 aliphatic rings. The quantitative estimate of drug-likeness (QED) is 0.449. The van der Waals surface area contributed by atoms with Gasteiger partial charge in [0.2, 0.25) is 0 Å². The molecule has 0 bridgehead atoms. The maximum atomic E-state index is 12.8. The minimum absolute atomic E-state index is 0.274. The molecule has 0 aromatic heterocycles. The summed E-state index contributed by atoms with van der Waals surface area (Å²) in [7, 11) is 0. The lowest BCUT2D eigenvalue weighted by Crippen LogP contribution is -2.22. The number of carbonyl (C=O) groups is 1. The molecule has 0 saturated carbocycles. The summed E-state index contributed by atoms with van der Waals surface area (Å²) in [6.07, 6.45) is 2.45. The summed E-state index contributed by atoms with van der Waals surface area (Å²) in [4.78, 5) is 12.7. The molecule has 19 heavy (non-hydrogen) atoms. The number of halogens is 1. The lowest BCUT2D eigenvalue weighted by molar-refractivity contribution is -0.104. The average Bonchev–Trinajstić information content (AvgIpc) is 2.81. The molecule has 102 valence electrons. The van der Waals surface area contributed by atoms with Crippen molar-refractivity contribution in [2.75, 3.05) is 18.1 Å². The summed E-state index contributed by atoms with van der Waals surface area (Å²) in [5.41, 5.74) is 2.30. The molecule has 0 radical (unpaired) electrons. The number of fused-ring (bicyclic) bond motifs is 1. The highest BCUT2D eigenvalue weighted by Crippen LogP contribution is 2.30. The summed E-state index contributed by atoms with van der Waals surface area (Å²) < 4.78 is 18.3. The van der Waals surface area contributed by atoms with Crippen LogP contribution in [0.3, 0.4) is 0 Å². The molecule has 1 aliphatic heterocycles. The van der Waals surface area contributed by atoms with Crippen LogP contribution in [0.4, 0.5) is 10.1 Å². The highest BCUT2D eigenvalue weighted by Gasteiger charge is 2.22. The van der Waals surface area contributed by atoms with E-state index in [1.807, 2.05) is 23.1 Å². The third-order valence-corrected chi connectivity index (χ3v) is 3.13. The smallest absolute Gasteiger partial charge is 0.197 e. The number of hydrogen-bond acceptors (Lipinski definition) is 3. The van der Waals surface area contributed by atoms with E-state index in [1.54, 1.807) is 0 Å². The number of allylic oxidation sites excluding steroid dienone is 1. The first-order valence-corrected chi connectivity index (χ1v) is 6.50. The lowest BCUT2D eigenvalue weighted by Gasteiger charge is -2.22. The predicted molar refractivity (Wildman–Crippen MR) is 72.8 cm³/mol. The Morgan fingerprint density at radius 1 is 1.53 bits per heavy atom. The summed E-state index contributed by atoms with van der Waals surface area (Å²) >= 11 is 0. The molecule has 3 nitrogen and oxygen atoms in total. The van der Waals surface area contributed by atoms with Gasteiger partial charge in [-0.3, -0.25) is 4.79 Å². The molecule has 4 heteroatoms. The summed E-state index contributed by atoms with van der Waals surface area (Å²) in [6, 6.07) is 8.02. The lowest BCUT2D eigenvalue weighted by atomic mass is 10.2. The average molecular weight is 263 g/mol. The van der Waals surface area contributed by atoms with Gasteiger partial charge in [0.05, 0.1) is 6.61 Å². The Balaban J connectivity index is 2.09. The van der Waals surface area contributed by atoms with Gasteiger partial charge in [-0.05, 0) is 25.0 Å². The Morgan fingerprint density at radius 3 is 3.05 bits per heavy atom. The largest absolute Gasteiger partial charge is 0.479 e. The molecule has 0 saturated heterocycles. The van der Waals surface area contributed by atoms with E-state index in [0.717, 1.165) is 18.7 Å². The number of nitrogens with zero attached hydrogens (tertiary/aromatic N) is 1. The first-order chi connectivity index (χ1) is 9.22. The minimum atomic E-state index is -0.900. The van der Waals surface area contributed by atoms with Crippen LogP contribution in [0.1, 0.15) is 18.9 Å². The Morgan fingerprint density at radius 2 is 2.32 bits per heavy atom. The molecule has 0 spiro atoms. The zero-order chi connectivity index (χ0) is 13.7. The van der Waals surface area contributed by atoms with Gasteiger partial charge >= 0.3 is 0 Å². The SMILES string of the molecule is CC(F)CCOC(=CC=O)N1CCc2ccccc21. The molecule has 0 fully saturated rings. The van der Waals surface area contributed by atoms with Crippen LogP contribution in [0.2, 0.25) is 0 Å². The first-order valence-electron chi connectivity index (χ1n) is 6.50. The number of aldehydes is 1. The molecule has 1 heterocycles. The summed E-state index contributed by atoms with van der Waals surface area (Å²) in [5, 5.41) is 0. The van der Waals surface area contributed by atoms with Crippen molar-refractivity contribution in [2.45, 2.75) is 25.9 Å². The number of ether oxygens (including phenoxy) is 1. The number of rotatable bonds is 6. The van der Waals surface area contributed by atoms with Gasteiger partial charge in [-0.2, -0.15) is 0 Å². The number of alkyl halides is 1. The van der Waals surface area contributed by atoms with Crippen molar-refractivity contribution in [1.29, 1.82) is 0 Å². The van der Waals surface area contributed by atoms with Gasteiger partial charge in [-0.25, -0.2) is 4.39 Å². The van der Waals surface area contributed by atoms with Gasteiger partial charge < -0.3 is 9.64 Å². The maximum absolute atomic E-state index is 12.8. The number of anilines is 1. The van der Waals surface area contributed by atoms with Crippen LogP contribution < -0.4 is 4.90 Å². The van der Waals surface area contributed by atoms with Crippen LogP contribution >= 0.6 is 0 Å². The van der Waals surface area contributed by atoms with Crippen LogP contribution in [-0.4, -0.2) is 25.6 Å². The molecule has 1 aromatic carbocycles. The van der Waals surface area contributed by atoms with E-state index in [-0.39, 0.29) is 6.61 Å². The van der Waals surface area contributed by atoms with Crippen molar-refractivity contribution >= 4 is 12.0 Å². The van der Waals surface area contributed by atoms with Crippen LogP contribution in [0.5, 0.6) is 0 Å². The third kappa shape index (κ3) is 3.34. The first kappa shape index (κ1) is 13.6. The molecular weight excluding hydrogens is 245 g/mol. The minimum Gasteiger partial charge on any atom is -0.479 e. The number of benzene rings is 1. The van der Waals surface area contributed by atoms with Crippen molar-refractivity contribution in [2.24, 2.45) is 0 Å². The molecule has 2 rings (SSSR count). The van der Waals surface area contributed by atoms with E-state index < -0.39 is 6.17 Å². The van der Waals surface area contributed by atoms with Gasteiger partial charge in [0, 0.05) is 24.7 Å². The topological polar surface area (TPSA) is 29.5 Å². The molecule has 0 amide bonds. The zero-order valence-corrected chi connectivity index (χ0v) is 11.0. The van der Waals surface area contributed by atoms with Crippen molar-refractivity contribution in [1.82, 2.24) is 0 Å². The normalized spacial score (nSPS) is 16.1. The Labute approximate surface area is 112 Å². The maximum Gasteiger partial charge on any atom is 0.197 e. The fourth-order valence-corrected chi connectivity index (χ4v) is 2.17. The van der Waals surface area contributed by atoms with Gasteiger partial charge in [-0.1, -0.05) is 18.2 Å². The monoisotopic (exact) mass is 263 g/mol. The highest BCUT2D eigenvalue weighted by atomic mass is 19.1. The molecule has 1 atom stereocenters. The second kappa shape index (κ2) is 6.36. The molecule has 0 N–H and O–H groups in total. The van der Waals surface area contributed by atoms with Gasteiger partial charge in [0.1, 0.15) is 12.5 Å². The molecule has 1 unspecified atom stereocenters. The van der Waals surface area contributed by atoms with Crippen LogP contribution in [-0.2, 0) is 16.0 Å². The van der Waals surface area contributed by atoms with Crippen LogP contribution in [0, 0.1) is 0 Å². The Hall–Kier alpha value is -1.84. The highest BCUT2D eigenvalue weighted by molar-refractivity contribution is 5.69. The summed E-state index contributed by atoms with van der Waals surface area (Å²) in [6.45, 7) is 2.55. The summed E-state index contributed by atoms with van der Waals surface area (Å²) in [5.74, 6) is 0.501. The van der Waals surface area contributed by atoms with Gasteiger partial charge in [0.25, 0.3) is 0 Å². The van der Waals surface area contributed by atoms with Crippen molar-refractivity contribution in [3.63, 3.8) is 0 Å². The zero-order valence-electron chi connectivity index (χ0n) is 11.0.